The summed E-state index contributed by atoms with van der Waals surface area (Å²) in [4.78, 5) is 25.3. The summed E-state index contributed by atoms with van der Waals surface area (Å²) in [7, 11) is 0. The third kappa shape index (κ3) is 3.87. The average molecular weight is 620 g/mol. The highest BCUT2D eigenvalue weighted by atomic mass is 79.9. The molecule has 0 bridgehead atoms. The number of benzene rings is 2. The van der Waals surface area contributed by atoms with Gasteiger partial charge in [0.1, 0.15) is 0 Å². The van der Waals surface area contributed by atoms with Crippen LogP contribution in [0.15, 0.2) is 46.9 Å². The first-order valence-electron chi connectivity index (χ1n) is 9.28. The number of hydrogen-bond donors (Lipinski definition) is 0. The fourth-order valence-corrected chi connectivity index (χ4v) is 3.58. The van der Waals surface area contributed by atoms with Crippen LogP contribution in [0.3, 0.4) is 0 Å². The molecular weight excluding hydrogens is 613 g/mol. The lowest BCUT2D eigenvalue weighted by atomic mass is 9.90. The van der Waals surface area contributed by atoms with E-state index in [2.05, 4.69) is 15.9 Å². The van der Waals surface area contributed by atoms with E-state index in [1.165, 1.54) is 18.2 Å². The van der Waals surface area contributed by atoms with E-state index >= 15 is 0 Å². The summed E-state index contributed by atoms with van der Waals surface area (Å²) in [6.45, 7) is 0. The molecule has 0 spiro atoms. The molecule has 2 amide bonds. The quantitative estimate of drug-likeness (QED) is 0.249. The van der Waals surface area contributed by atoms with Crippen LogP contribution in [-0.2, 0) is 5.92 Å². The third-order valence-corrected chi connectivity index (χ3v) is 5.76. The van der Waals surface area contributed by atoms with Crippen molar-refractivity contribution < 1.29 is 66.7 Å². The minimum absolute atomic E-state index is 0.126. The van der Waals surface area contributed by atoms with Gasteiger partial charge in [-0.1, -0.05) is 28.1 Å². The minimum Gasteiger partial charge on any atom is -0.268 e. The summed E-state index contributed by atoms with van der Waals surface area (Å²) in [5, 5.41) is 0. The predicted octanol–water partition coefficient (Wildman–Crippen LogP) is 7.45. The molecule has 0 fully saturated rings. The Balaban J connectivity index is 2.00. The number of carbonyl (C=O) groups excluding carboxylic acids is 2. The predicted molar refractivity (Wildman–Crippen MR) is 101 cm³/mol. The highest BCUT2D eigenvalue weighted by Gasteiger charge is 2.90. The number of alkyl halides is 13. The van der Waals surface area contributed by atoms with Gasteiger partial charge in [-0.15, -0.1) is 0 Å². The molecule has 0 atom stereocenters. The zero-order chi connectivity index (χ0) is 28.6. The van der Waals surface area contributed by atoms with Gasteiger partial charge in [-0.2, -0.15) is 57.1 Å². The number of anilines is 1. The Morgan fingerprint density at radius 2 is 1.03 bits per heavy atom. The highest BCUT2D eigenvalue weighted by molar-refractivity contribution is 9.10. The van der Waals surface area contributed by atoms with Crippen molar-refractivity contribution >= 4 is 33.4 Å². The van der Waals surface area contributed by atoms with Gasteiger partial charge in [-0.3, -0.25) is 9.59 Å². The minimum atomic E-state index is -8.01. The monoisotopic (exact) mass is 619 g/mol. The Hall–Kier alpha value is -2.85. The van der Waals surface area contributed by atoms with Gasteiger partial charge < -0.3 is 0 Å². The zero-order valence-electron chi connectivity index (χ0n) is 17.1. The lowest BCUT2D eigenvalue weighted by Gasteiger charge is -2.39. The summed E-state index contributed by atoms with van der Waals surface area (Å²) < 4.78 is 174. The van der Waals surface area contributed by atoms with Crippen LogP contribution in [0.2, 0.25) is 0 Å². The Morgan fingerprint density at radius 1 is 0.568 bits per heavy atom. The largest absolute Gasteiger partial charge is 0.460 e. The second-order valence-corrected chi connectivity index (χ2v) is 8.47. The van der Waals surface area contributed by atoms with Gasteiger partial charge >= 0.3 is 35.8 Å². The van der Waals surface area contributed by atoms with Gasteiger partial charge in [0.25, 0.3) is 11.8 Å². The summed E-state index contributed by atoms with van der Waals surface area (Å²) >= 11 is 3.03. The number of hydrogen-bond acceptors (Lipinski definition) is 2. The Morgan fingerprint density at radius 3 is 1.51 bits per heavy atom. The molecule has 0 saturated heterocycles. The molecule has 0 saturated carbocycles. The molecule has 37 heavy (non-hydrogen) atoms. The van der Waals surface area contributed by atoms with Crippen LogP contribution in [-0.4, -0.2) is 41.7 Å². The van der Waals surface area contributed by atoms with Crippen molar-refractivity contribution in [2.75, 3.05) is 4.90 Å². The van der Waals surface area contributed by atoms with Crippen molar-refractivity contribution in [3.63, 3.8) is 0 Å². The molecule has 0 aromatic heterocycles. The van der Waals surface area contributed by atoms with Crippen molar-refractivity contribution in [2.24, 2.45) is 0 Å². The van der Waals surface area contributed by atoms with Crippen molar-refractivity contribution in [2.45, 2.75) is 35.8 Å². The Labute approximate surface area is 205 Å². The van der Waals surface area contributed by atoms with Gasteiger partial charge in [-0.05, 0) is 30.3 Å². The first-order valence-corrected chi connectivity index (χ1v) is 10.1. The van der Waals surface area contributed by atoms with Crippen LogP contribution in [0.5, 0.6) is 0 Å². The first-order chi connectivity index (χ1) is 16.5. The molecule has 0 unspecified atom stereocenters. The van der Waals surface area contributed by atoms with Crippen LogP contribution in [0.25, 0.3) is 0 Å². The fourth-order valence-electron chi connectivity index (χ4n) is 3.22. The molecule has 0 aliphatic carbocycles. The molecule has 1 aliphatic heterocycles. The van der Waals surface area contributed by atoms with Crippen LogP contribution >= 0.6 is 15.9 Å². The smallest absolute Gasteiger partial charge is 0.268 e. The molecule has 3 nitrogen and oxygen atoms in total. The van der Waals surface area contributed by atoms with Crippen molar-refractivity contribution in [1.29, 1.82) is 0 Å². The standard InChI is InChI=1S/C20H7BrF13NO2/c21-9-3-6-11-12(7-9)14(37)35(13(11)36)10-4-1-8(2-5-10)15(22,23)16(24,25)17(26,27)18(28,29)19(30,31)20(32,33)34/h1-7H. The van der Waals surface area contributed by atoms with Crippen molar-refractivity contribution in [3.8, 4) is 0 Å². The maximum Gasteiger partial charge on any atom is 0.460 e. The van der Waals surface area contributed by atoms with Crippen LogP contribution in [0.4, 0.5) is 62.8 Å². The first kappa shape index (κ1) is 28.7. The molecule has 1 heterocycles. The third-order valence-electron chi connectivity index (χ3n) is 5.27. The number of imide groups is 1. The molecular formula is C20H7BrF13NO2. The van der Waals surface area contributed by atoms with E-state index in [9.17, 15) is 66.7 Å². The van der Waals surface area contributed by atoms with Crippen LogP contribution < -0.4 is 4.90 Å². The van der Waals surface area contributed by atoms with Crippen molar-refractivity contribution in [1.82, 2.24) is 0 Å². The maximum absolute atomic E-state index is 14.3. The van der Waals surface area contributed by atoms with Gasteiger partial charge in [0.05, 0.1) is 16.8 Å². The topological polar surface area (TPSA) is 37.4 Å². The van der Waals surface area contributed by atoms with E-state index in [4.69, 9.17) is 0 Å². The van der Waals surface area contributed by atoms with Gasteiger partial charge in [0.15, 0.2) is 0 Å². The van der Waals surface area contributed by atoms with E-state index in [1.807, 2.05) is 0 Å². The fraction of sp³-hybridized carbons (Fsp3) is 0.300. The molecule has 202 valence electrons. The Kier molecular flexibility index (Phi) is 6.46. The number of fused-ring (bicyclic) bond motifs is 1. The molecule has 0 N–H and O–H groups in total. The number of nitrogens with zero attached hydrogens (tertiary/aromatic N) is 1. The normalized spacial score (nSPS) is 15.9. The lowest BCUT2D eigenvalue weighted by molar-refractivity contribution is -0.441. The molecule has 3 rings (SSSR count). The highest BCUT2D eigenvalue weighted by Crippen LogP contribution is 2.62. The van der Waals surface area contributed by atoms with E-state index in [1.54, 1.807) is 0 Å². The SMILES string of the molecule is O=C1c2ccc(Br)cc2C(=O)N1c1ccc(C(F)(F)C(F)(F)C(F)(F)C(F)(F)C(F)(F)C(F)(F)F)cc1. The van der Waals surface area contributed by atoms with E-state index in [-0.39, 0.29) is 23.3 Å². The van der Waals surface area contributed by atoms with Gasteiger partial charge in [0, 0.05) is 10.0 Å². The Bertz CT molecular complexity index is 1260. The lowest BCUT2D eigenvalue weighted by Crippen LogP contribution is -2.69. The zero-order valence-corrected chi connectivity index (χ0v) is 18.7. The summed E-state index contributed by atoms with van der Waals surface area (Å²) in [6.07, 6.45) is -7.51. The van der Waals surface area contributed by atoms with Crippen LogP contribution in [0, 0.1) is 0 Å². The summed E-state index contributed by atoms with van der Waals surface area (Å²) in [6, 6.07) is 4.20. The van der Waals surface area contributed by atoms with Crippen LogP contribution in [0.1, 0.15) is 26.3 Å². The molecule has 2 aromatic carbocycles. The molecule has 1 aliphatic rings. The number of halogens is 14. The number of amides is 2. The molecule has 17 heteroatoms. The van der Waals surface area contributed by atoms with Gasteiger partial charge in [-0.25, -0.2) is 4.90 Å². The maximum atomic E-state index is 14.3. The summed E-state index contributed by atoms with van der Waals surface area (Å²) in [5.74, 6) is -39.8. The van der Waals surface area contributed by atoms with Crippen molar-refractivity contribution in [3.05, 3.63) is 63.6 Å². The number of rotatable bonds is 6. The number of carbonyl (C=O) groups is 2. The molecule has 2 aromatic rings. The average Bonchev–Trinajstić information content (AvgIpc) is 3.01. The van der Waals surface area contributed by atoms with Gasteiger partial charge in [0.2, 0.25) is 0 Å². The molecule has 0 radical (unpaired) electrons. The van der Waals surface area contributed by atoms with E-state index in [0.717, 1.165) is 0 Å². The summed E-state index contributed by atoms with van der Waals surface area (Å²) in [5.41, 5.74) is -3.15. The second-order valence-electron chi connectivity index (χ2n) is 7.55. The van der Waals surface area contributed by atoms with E-state index in [0.29, 0.717) is 21.5 Å². The van der Waals surface area contributed by atoms with E-state index < -0.39 is 58.9 Å². The second kappa shape index (κ2) is 8.33.